The lowest BCUT2D eigenvalue weighted by Gasteiger charge is -2.06. The Kier molecular flexibility index (Phi) is 4.06. The summed E-state index contributed by atoms with van der Waals surface area (Å²) < 4.78 is 32.3. The first-order valence-electron chi connectivity index (χ1n) is 2.29. The van der Waals surface area contributed by atoms with E-state index in [4.69, 9.17) is 5.73 Å². The van der Waals surface area contributed by atoms with Crippen molar-refractivity contribution < 1.29 is 12.9 Å². The van der Waals surface area contributed by atoms with E-state index in [0.29, 0.717) is 0 Å². The second-order valence-corrected chi connectivity index (χ2v) is 3.47. The van der Waals surface area contributed by atoms with Gasteiger partial charge in [-0.05, 0) is 11.8 Å². The largest absolute Gasteiger partial charge is 0.329 e. The van der Waals surface area contributed by atoms with Gasteiger partial charge in [-0.3, -0.25) is 0 Å². The molecule has 0 bridgehead atoms. The summed E-state index contributed by atoms with van der Waals surface area (Å²) in [5, 5.41) is 0. The highest BCUT2D eigenvalue weighted by atomic mass is 35.5. The van der Waals surface area contributed by atoms with Crippen LogP contribution in [0.2, 0.25) is 0 Å². The van der Waals surface area contributed by atoms with Crippen molar-refractivity contribution in [3.8, 4) is 0 Å². The summed E-state index contributed by atoms with van der Waals surface area (Å²) in [6, 6.07) is 0. The lowest BCUT2D eigenvalue weighted by molar-refractivity contribution is 0.114. The van der Waals surface area contributed by atoms with Gasteiger partial charge < -0.3 is 5.73 Å². The number of halogens is 2. The zero-order chi connectivity index (χ0) is 8.20. The Hall–Kier alpha value is 0.0500. The maximum atomic E-state index is 12.0. The molecule has 0 aliphatic rings. The van der Waals surface area contributed by atoms with Crippen LogP contribution in [0.3, 0.4) is 0 Å². The van der Waals surface area contributed by atoms with Crippen LogP contribution in [0, 0.1) is 0 Å². The molecule has 0 saturated heterocycles. The van der Waals surface area contributed by atoms with E-state index in [1.54, 1.807) is 0 Å². The van der Waals surface area contributed by atoms with Gasteiger partial charge in [0.1, 0.15) is 0 Å². The van der Waals surface area contributed by atoms with Crippen LogP contribution >= 0.6 is 11.8 Å². The minimum Gasteiger partial charge on any atom is -0.329 e. The Morgan fingerprint density at radius 1 is 1.70 bits per heavy atom. The normalized spacial score (nSPS) is 12.4. The van der Waals surface area contributed by atoms with Gasteiger partial charge >= 0.3 is 0 Å². The van der Waals surface area contributed by atoms with Crippen molar-refractivity contribution in [2.75, 3.05) is 12.3 Å². The van der Waals surface area contributed by atoms with E-state index in [1.807, 2.05) is 0 Å². The quantitative estimate of drug-likeness (QED) is 0.447. The summed E-state index contributed by atoms with van der Waals surface area (Å²) in [6.45, 7) is -0.151. The molecule has 0 aliphatic carbocycles. The second-order valence-electron chi connectivity index (χ2n) is 1.40. The van der Waals surface area contributed by atoms with Gasteiger partial charge in [-0.25, -0.2) is 8.42 Å². The molecule has 0 aromatic rings. The first-order valence-corrected chi connectivity index (χ1v) is 4.28. The number of rotatable bonds is 4. The minimum absolute atomic E-state index is 0.151. The fourth-order valence-corrected chi connectivity index (χ4v) is 1.16. The zero-order valence-electron chi connectivity index (χ0n) is 4.92. The van der Waals surface area contributed by atoms with Crippen molar-refractivity contribution in [3.05, 3.63) is 0 Å². The van der Waals surface area contributed by atoms with Crippen LogP contribution in [-0.2, 0) is 10.0 Å². The van der Waals surface area contributed by atoms with Crippen LogP contribution in [0.15, 0.2) is 0 Å². The van der Waals surface area contributed by atoms with Crippen LogP contribution < -0.4 is 10.7 Å². The van der Waals surface area contributed by atoms with E-state index >= 15 is 0 Å². The molecule has 8 heteroatoms. The molecule has 0 amide bonds. The summed E-state index contributed by atoms with van der Waals surface area (Å²) >= 11 is 4.65. The van der Waals surface area contributed by atoms with Crippen molar-refractivity contribution in [1.29, 1.82) is 0 Å². The van der Waals surface area contributed by atoms with Crippen LogP contribution in [0.25, 0.3) is 0 Å². The second kappa shape index (κ2) is 4.04. The summed E-state index contributed by atoms with van der Waals surface area (Å²) in [6.07, 6.45) is 0. The Balaban J connectivity index is 4.12. The minimum atomic E-state index is -3.96. The average molecular weight is 192 g/mol. The molecule has 0 atom stereocenters. The molecule has 0 rings (SSSR count). The van der Waals surface area contributed by atoms with Crippen LogP contribution in [0.1, 0.15) is 0 Å². The van der Waals surface area contributed by atoms with Gasteiger partial charge in [0.15, 0.2) is 0 Å². The Labute approximate surface area is 63.0 Å². The number of nitrogens with one attached hydrogen (secondary N) is 1. The highest BCUT2D eigenvalue weighted by Crippen LogP contribution is 1.97. The lowest BCUT2D eigenvalue weighted by atomic mass is 10.8. The number of nitrogens with two attached hydrogens (primary N) is 1. The van der Waals surface area contributed by atoms with Crippen molar-refractivity contribution in [3.63, 3.8) is 0 Å². The van der Waals surface area contributed by atoms with Crippen LogP contribution in [0.5, 0.6) is 0 Å². The van der Waals surface area contributed by atoms with Crippen LogP contribution in [-0.4, -0.2) is 25.4 Å². The van der Waals surface area contributed by atoms with E-state index in [2.05, 4.69) is 11.8 Å². The molecule has 62 valence electrons. The van der Waals surface area contributed by atoms with Crippen molar-refractivity contribution in [2.24, 2.45) is 5.73 Å². The van der Waals surface area contributed by atoms with Crippen molar-refractivity contribution >= 4 is 21.8 Å². The Morgan fingerprint density at radius 3 is 2.50 bits per heavy atom. The molecule has 5 nitrogen and oxygen atoms in total. The van der Waals surface area contributed by atoms with E-state index in [-0.39, 0.29) is 6.54 Å². The molecule has 0 unspecified atom stereocenters. The third-order valence-electron chi connectivity index (χ3n) is 0.686. The van der Waals surface area contributed by atoms with E-state index in [9.17, 15) is 12.9 Å². The van der Waals surface area contributed by atoms with Gasteiger partial charge in [0.05, 0.1) is 5.75 Å². The third kappa shape index (κ3) is 2.76. The summed E-state index contributed by atoms with van der Waals surface area (Å²) in [7, 11) is -3.96. The standard InChI is InChI=1S/C2H7ClFN3O2S/c3-6-7(4)10(8,9)2-1-5/h6H,1-2,5H2. The molecule has 0 radical (unpaired) electrons. The van der Waals surface area contributed by atoms with Gasteiger partial charge in [-0.1, -0.05) is 4.48 Å². The summed E-state index contributed by atoms with van der Waals surface area (Å²) in [5.74, 6) is -0.483. The molecule has 0 aromatic carbocycles. The molecule has 0 saturated carbocycles. The molecule has 3 N–H and O–H groups in total. The maximum Gasteiger partial charge on any atom is 0.256 e. The van der Waals surface area contributed by atoms with Gasteiger partial charge in [0, 0.05) is 11.2 Å². The lowest BCUT2D eigenvalue weighted by Crippen LogP contribution is -2.34. The Morgan fingerprint density at radius 2 is 2.20 bits per heavy atom. The van der Waals surface area contributed by atoms with Crippen LogP contribution in [0.4, 0.5) is 4.48 Å². The highest BCUT2D eigenvalue weighted by Gasteiger charge is 2.19. The van der Waals surface area contributed by atoms with Crippen molar-refractivity contribution in [1.82, 2.24) is 9.58 Å². The van der Waals surface area contributed by atoms with E-state index in [0.717, 1.165) is 0 Å². The van der Waals surface area contributed by atoms with Crippen molar-refractivity contribution in [2.45, 2.75) is 0 Å². The molecule has 10 heavy (non-hydrogen) atoms. The highest BCUT2D eigenvalue weighted by molar-refractivity contribution is 7.88. The SMILES string of the molecule is NCCS(=O)(=O)N(F)NCl. The average Bonchev–Trinajstić information content (AvgIpc) is 1.86. The number of hydrogen-bond acceptors (Lipinski definition) is 4. The predicted octanol–water partition coefficient (Wildman–Crippen LogP) is -0.880. The number of nitrogens with zero attached hydrogens (tertiary/aromatic N) is 1. The first-order chi connectivity index (χ1) is 4.54. The van der Waals surface area contributed by atoms with Gasteiger partial charge in [0.2, 0.25) is 0 Å². The zero-order valence-corrected chi connectivity index (χ0v) is 6.49. The van der Waals surface area contributed by atoms with E-state index in [1.165, 1.54) is 4.94 Å². The monoisotopic (exact) mass is 191 g/mol. The maximum absolute atomic E-state index is 12.0. The van der Waals surface area contributed by atoms with Gasteiger partial charge in [0.25, 0.3) is 10.0 Å². The molecule has 0 aliphatic heterocycles. The third-order valence-corrected chi connectivity index (χ3v) is 2.27. The van der Waals surface area contributed by atoms with Gasteiger partial charge in [-0.2, -0.15) is 0 Å². The molecule has 0 fully saturated rings. The predicted molar refractivity (Wildman–Crippen MR) is 34.8 cm³/mol. The fraction of sp³-hybridized carbons (Fsp3) is 1.00. The number of hydrogen-bond donors (Lipinski definition) is 2. The van der Waals surface area contributed by atoms with E-state index < -0.39 is 20.4 Å². The summed E-state index contributed by atoms with van der Waals surface area (Å²) in [4.78, 5) is 1.29. The molecular formula is C2H7ClFN3O2S. The summed E-state index contributed by atoms with van der Waals surface area (Å²) in [5.41, 5.74) is 4.86. The number of hydrazine groups is 1. The molecule has 0 aromatic heterocycles. The first kappa shape index (κ1) is 10.0. The van der Waals surface area contributed by atoms with Gasteiger partial charge in [-0.15, -0.1) is 4.94 Å². The smallest absolute Gasteiger partial charge is 0.256 e. The molecular weight excluding hydrogens is 185 g/mol. The molecule has 0 spiro atoms. The Bertz CT molecular complexity index is 183. The topological polar surface area (TPSA) is 75.4 Å². The fourth-order valence-electron chi connectivity index (χ4n) is 0.282. The molecule has 0 heterocycles. The number of sulfonamides is 1.